The summed E-state index contributed by atoms with van der Waals surface area (Å²) in [5.74, 6) is -0.447. The topological polar surface area (TPSA) is 58.6 Å². The van der Waals surface area contributed by atoms with Gasteiger partial charge in [-0.05, 0) is 12.5 Å². The maximum Gasteiger partial charge on any atom is 0.265 e. The molecule has 0 bridgehead atoms. The van der Waals surface area contributed by atoms with Gasteiger partial charge in [-0.2, -0.15) is 0 Å². The molecule has 0 aliphatic heterocycles. The van der Waals surface area contributed by atoms with Crippen LogP contribution in [0.15, 0.2) is 24.3 Å². The maximum atomic E-state index is 12.5. The highest BCUT2D eigenvalue weighted by molar-refractivity contribution is 7.21. The van der Waals surface area contributed by atoms with E-state index >= 15 is 0 Å². The lowest BCUT2D eigenvalue weighted by Crippen LogP contribution is -2.38. The van der Waals surface area contributed by atoms with Crippen LogP contribution in [0.25, 0.3) is 10.1 Å². The van der Waals surface area contributed by atoms with E-state index < -0.39 is 0 Å². The van der Waals surface area contributed by atoms with E-state index in [1.165, 1.54) is 16.2 Å². The minimum absolute atomic E-state index is 0.00358. The fourth-order valence-corrected chi connectivity index (χ4v) is 3.62. The lowest BCUT2D eigenvalue weighted by atomic mass is 10.2. The number of benzene rings is 1. The average molecular weight is 355 g/mol. The normalized spacial score (nSPS) is 10.7. The molecule has 0 unspecified atom stereocenters. The van der Waals surface area contributed by atoms with E-state index in [-0.39, 0.29) is 18.4 Å². The molecule has 2 amide bonds. The molecular weight excluding hydrogens is 336 g/mol. The van der Waals surface area contributed by atoms with E-state index in [2.05, 4.69) is 5.32 Å². The Balaban J connectivity index is 1.98. The van der Waals surface area contributed by atoms with Gasteiger partial charge in [0.05, 0.1) is 11.6 Å². The molecule has 0 atom stereocenters. The Hall–Kier alpha value is -1.63. The number of hydrogen-bond donors (Lipinski definition) is 1. The molecule has 0 saturated heterocycles. The predicted molar refractivity (Wildman–Crippen MR) is 93.3 cm³/mol. The van der Waals surface area contributed by atoms with E-state index in [1.807, 2.05) is 24.3 Å². The van der Waals surface area contributed by atoms with Gasteiger partial charge in [0.1, 0.15) is 4.88 Å². The molecule has 7 heteroatoms. The monoisotopic (exact) mass is 354 g/mol. The summed E-state index contributed by atoms with van der Waals surface area (Å²) in [6, 6.07) is 7.59. The average Bonchev–Trinajstić information content (AvgIpc) is 2.88. The number of halogens is 1. The fraction of sp³-hybridized carbons (Fsp3) is 0.375. The Morgan fingerprint density at radius 1 is 1.35 bits per heavy atom. The zero-order chi connectivity index (χ0) is 16.8. The number of methoxy groups -OCH3 is 1. The zero-order valence-electron chi connectivity index (χ0n) is 13.1. The van der Waals surface area contributed by atoms with Gasteiger partial charge in [-0.15, -0.1) is 11.3 Å². The Labute approximate surface area is 144 Å². The van der Waals surface area contributed by atoms with Crippen LogP contribution in [0.5, 0.6) is 0 Å². The number of carbonyl (C=O) groups excluding carboxylic acids is 2. The fourth-order valence-electron chi connectivity index (χ4n) is 2.11. The third-order valence-corrected chi connectivity index (χ3v) is 4.97. The molecule has 0 aliphatic rings. The van der Waals surface area contributed by atoms with Gasteiger partial charge in [0.25, 0.3) is 5.91 Å². The summed E-state index contributed by atoms with van der Waals surface area (Å²) in [6.45, 7) is 1.11. The minimum atomic E-state index is -0.247. The van der Waals surface area contributed by atoms with Crippen molar-refractivity contribution in [2.24, 2.45) is 0 Å². The van der Waals surface area contributed by atoms with Crippen LogP contribution < -0.4 is 5.32 Å². The first-order valence-electron chi connectivity index (χ1n) is 7.22. The van der Waals surface area contributed by atoms with Crippen LogP contribution in [0, 0.1) is 0 Å². The number of nitrogens with zero attached hydrogens (tertiary/aromatic N) is 1. The third kappa shape index (κ3) is 4.43. The van der Waals surface area contributed by atoms with Gasteiger partial charge in [0.15, 0.2) is 0 Å². The van der Waals surface area contributed by atoms with Crippen molar-refractivity contribution in [2.45, 2.75) is 6.42 Å². The highest BCUT2D eigenvalue weighted by Gasteiger charge is 2.21. The number of ether oxygens (including phenoxy) is 1. The first kappa shape index (κ1) is 17.7. The van der Waals surface area contributed by atoms with E-state index in [0.717, 1.165) is 16.5 Å². The molecule has 2 rings (SSSR count). The first-order valence-corrected chi connectivity index (χ1v) is 8.42. The van der Waals surface area contributed by atoms with E-state index in [0.29, 0.717) is 23.1 Å². The van der Waals surface area contributed by atoms with Crippen molar-refractivity contribution in [3.05, 3.63) is 34.2 Å². The van der Waals surface area contributed by atoms with E-state index in [4.69, 9.17) is 16.3 Å². The molecule has 1 aromatic carbocycles. The van der Waals surface area contributed by atoms with Crippen molar-refractivity contribution < 1.29 is 14.3 Å². The van der Waals surface area contributed by atoms with Gasteiger partial charge in [0, 0.05) is 37.4 Å². The van der Waals surface area contributed by atoms with Crippen LogP contribution in [0.1, 0.15) is 16.1 Å². The van der Waals surface area contributed by atoms with Crippen molar-refractivity contribution in [3.63, 3.8) is 0 Å². The Bertz CT molecular complexity index is 702. The summed E-state index contributed by atoms with van der Waals surface area (Å²) in [5.41, 5.74) is 0. The molecule has 1 N–H and O–H groups in total. The van der Waals surface area contributed by atoms with Crippen molar-refractivity contribution >= 4 is 44.8 Å². The molecular formula is C16H19ClN2O3S. The summed E-state index contributed by atoms with van der Waals surface area (Å²) in [5, 5.41) is 4.06. The van der Waals surface area contributed by atoms with Gasteiger partial charge in [-0.25, -0.2) is 0 Å². The van der Waals surface area contributed by atoms with Crippen molar-refractivity contribution in [1.29, 1.82) is 0 Å². The van der Waals surface area contributed by atoms with Crippen LogP contribution in [0.4, 0.5) is 0 Å². The van der Waals surface area contributed by atoms with E-state index in [1.54, 1.807) is 14.2 Å². The molecule has 0 aliphatic carbocycles. The molecule has 2 aromatic rings. The van der Waals surface area contributed by atoms with Crippen molar-refractivity contribution in [1.82, 2.24) is 10.2 Å². The smallest absolute Gasteiger partial charge is 0.265 e. The van der Waals surface area contributed by atoms with Crippen molar-refractivity contribution in [3.8, 4) is 0 Å². The van der Waals surface area contributed by atoms with Crippen LogP contribution in [-0.4, -0.2) is 50.6 Å². The molecule has 0 saturated carbocycles. The summed E-state index contributed by atoms with van der Waals surface area (Å²) in [6.07, 6.45) is 0.738. The zero-order valence-corrected chi connectivity index (χ0v) is 14.7. The molecule has 23 heavy (non-hydrogen) atoms. The lowest BCUT2D eigenvalue weighted by Gasteiger charge is -2.16. The third-order valence-electron chi connectivity index (χ3n) is 3.30. The summed E-state index contributed by atoms with van der Waals surface area (Å²) >= 11 is 7.64. The van der Waals surface area contributed by atoms with Gasteiger partial charge >= 0.3 is 0 Å². The van der Waals surface area contributed by atoms with Crippen LogP contribution >= 0.6 is 22.9 Å². The summed E-state index contributed by atoms with van der Waals surface area (Å²) < 4.78 is 5.87. The van der Waals surface area contributed by atoms with Crippen molar-refractivity contribution in [2.75, 3.05) is 33.9 Å². The SMILES string of the molecule is COCCCNC(=O)CN(C)C(=O)c1sc2ccccc2c1Cl. The molecule has 0 spiro atoms. The number of thiophene rings is 1. The highest BCUT2D eigenvalue weighted by Crippen LogP contribution is 2.35. The lowest BCUT2D eigenvalue weighted by molar-refractivity contribution is -0.121. The Morgan fingerprint density at radius 2 is 2.09 bits per heavy atom. The van der Waals surface area contributed by atoms with Crippen LogP contribution in [0.3, 0.4) is 0 Å². The predicted octanol–water partition coefficient (Wildman–Crippen LogP) is 2.78. The number of likely N-dealkylation sites (N-methyl/N-ethyl adjacent to an activating group) is 1. The highest BCUT2D eigenvalue weighted by atomic mass is 35.5. The molecule has 1 aromatic heterocycles. The quantitative estimate of drug-likeness (QED) is 0.778. The second kappa shape index (κ2) is 8.29. The first-order chi connectivity index (χ1) is 11.0. The van der Waals surface area contributed by atoms with Gasteiger partial charge in [-0.3, -0.25) is 9.59 Å². The Morgan fingerprint density at radius 3 is 2.78 bits per heavy atom. The molecule has 124 valence electrons. The number of fused-ring (bicyclic) bond motifs is 1. The summed E-state index contributed by atoms with van der Waals surface area (Å²) in [7, 11) is 3.21. The van der Waals surface area contributed by atoms with Crippen LogP contribution in [-0.2, 0) is 9.53 Å². The molecule has 0 fully saturated rings. The number of amides is 2. The number of nitrogens with one attached hydrogen (secondary N) is 1. The largest absolute Gasteiger partial charge is 0.385 e. The number of carbonyl (C=O) groups is 2. The minimum Gasteiger partial charge on any atom is -0.385 e. The van der Waals surface area contributed by atoms with Gasteiger partial charge in [0.2, 0.25) is 5.91 Å². The molecule has 5 nitrogen and oxygen atoms in total. The van der Waals surface area contributed by atoms with Gasteiger partial charge in [-0.1, -0.05) is 29.8 Å². The van der Waals surface area contributed by atoms with Gasteiger partial charge < -0.3 is 15.0 Å². The standard InChI is InChI=1S/C16H19ClN2O3S/c1-19(10-13(20)18-8-5-9-22-2)16(21)15-14(17)11-6-3-4-7-12(11)23-15/h3-4,6-7H,5,8-10H2,1-2H3,(H,18,20). The summed E-state index contributed by atoms with van der Waals surface area (Å²) in [4.78, 5) is 26.2. The second-order valence-corrected chi connectivity index (χ2v) is 6.53. The number of hydrogen-bond acceptors (Lipinski definition) is 4. The van der Waals surface area contributed by atoms with E-state index in [9.17, 15) is 9.59 Å². The van der Waals surface area contributed by atoms with Crippen LogP contribution in [0.2, 0.25) is 5.02 Å². The maximum absolute atomic E-state index is 12.5. The molecule has 0 radical (unpaired) electrons. The number of rotatable bonds is 7. The Kier molecular flexibility index (Phi) is 6.38. The second-order valence-electron chi connectivity index (χ2n) is 5.10. The molecule has 1 heterocycles.